The average molecular weight is 359 g/mol. The van der Waals surface area contributed by atoms with Crippen LogP contribution in [0.2, 0.25) is 0 Å². The van der Waals surface area contributed by atoms with Gasteiger partial charge in [0.25, 0.3) is 5.91 Å². The van der Waals surface area contributed by atoms with Crippen molar-refractivity contribution in [1.82, 2.24) is 14.4 Å². The summed E-state index contributed by atoms with van der Waals surface area (Å²) < 4.78 is 2.09. The molecule has 2 amide bonds. The van der Waals surface area contributed by atoms with Crippen molar-refractivity contribution in [3.63, 3.8) is 0 Å². The summed E-state index contributed by atoms with van der Waals surface area (Å²) in [6.07, 6.45) is 4.59. The molecule has 1 unspecified atom stereocenters. The van der Waals surface area contributed by atoms with Crippen LogP contribution in [-0.4, -0.2) is 51.9 Å². The molecule has 2 aromatic rings. The normalized spacial score (nSPS) is 18.4. The minimum absolute atomic E-state index is 0.0587. The smallest absolute Gasteiger partial charge is 0.270 e. The van der Waals surface area contributed by atoms with Crippen LogP contribution in [0.1, 0.15) is 37.7 Å². The van der Waals surface area contributed by atoms with Crippen LogP contribution in [0.5, 0.6) is 0 Å². The maximum Gasteiger partial charge on any atom is 0.270 e. The fourth-order valence-electron chi connectivity index (χ4n) is 3.42. The Kier molecular flexibility index (Phi) is 5.27. The van der Waals surface area contributed by atoms with Crippen LogP contribution in [0, 0.1) is 0 Å². The molecule has 1 saturated heterocycles. The van der Waals surface area contributed by atoms with Gasteiger partial charge in [0.15, 0.2) is 0 Å². The SMILES string of the molecule is C/C=C\Cn1c(C(=O)N2CCN(C(=O)CC)C(C)C2)cc2ccsc21. The van der Waals surface area contributed by atoms with E-state index in [0.717, 1.165) is 15.9 Å². The molecule has 1 aliphatic rings. The number of fused-ring (bicyclic) bond motifs is 1. The summed E-state index contributed by atoms with van der Waals surface area (Å²) in [6.45, 7) is 8.39. The van der Waals surface area contributed by atoms with Crippen LogP contribution in [0.4, 0.5) is 0 Å². The minimum atomic E-state index is 0.0587. The van der Waals surface area contributed by atoms with Crippen molar-refractivity contribution in [3.05, 3.63) is 35.4 Å². The molecule has 0 radical (unpaired) electrons. The molecule has 134 valence electrons. The Morgan fingerprint density at radius 2 is 2.16 bits per heavy atom. The van der Waals surface area contributed by atoms with Crippen LogP contribution < -0.4 is 0 Å². The number of carbonyl (C=O) groups excluding carboxylic acids is 2. The summed E-state index contributed by atoms with van der Waals surface area (Å²) in [5, 5.41) is 3.17. The van der Waals surface area contributed by atoms with Crippen molar-refractivity contribution in [2.45, 2.75) is 39.8 Å². The molecule has 0 aromatic carbocycles. The maximum atomic E-state index is 13.1. The van der Waals surface area contributed by atoms with E-state index >= 15 is 0 Å². The molecule has 0 bridgehead atoms. The van der Waals surface area contributed by atoms with E-state index in [1.807, 2.05) is 42.7 Å². The number of piperazine rings is 1. The van der Waals surface area contributed by atoms with Crippen molar-refractivity contribution in [2.24, 2.45) is 0 Å². The van der Waals surface area contributed by atoms with Gasteiger partial charge in [-0.3, -0.25) is 9.59 Å². The van der Waals surface area contributed by atoms with Gasteiger partial charge in [0.05, 0.1) is 0 Å². The Morgan fingerprint density at radius 3 is 2.84 bits per heavy atom. The van der Waals surface area contributed by atoms with E-state index in [1.165, 1.54) is 0 Å². The summed E-state index contributed by atoms with van der Waals surface area (Å²) in [6, 6.07) is 4.11. The Morgan fingerprint density at radius 1 is 1.36 bits per heavy atom. The van der Waals surface area contributed by atoms with Crippen LogP contribution in [0.3, 0.4) is 0 Å². The highest BCUT2D eigenvalue weighted by Gasteiger charge is 2.30. The van der Waals surface area contributed by atoms with E-state index in [0.29, 0.717) is 32.6 Å². The zero-order valence-corrected chi connectivity index (χ0v) is 15.9. The Labute approximate surface area is 152 Å². The number of hydrogen-bond donors (Lipinski definition) is 0. The van der Waals surface area contributed by atoms with Crippen molar-refractivity contribution < 1.29 is 9.59 Å². The van der Waals surface area contributed by atoms with Crippen molar-refractivity contribution in [3.8, 4) is 0 Å². The lowest BCUT2D eigenvalue weighted by Gasteiger charge is -2.39. The zero-order valence-electron chi connectivity index (χ0n) is 15.1. The fourth-order valence-corrected chi connectivity index (χ4v) is 4.33. The van der Waals surface area contributed by atoms with Gasteiger partial charge in [0.2, 0.25) is 5.91 Å². The third-order valence-corrected chi connectivity index (χ3v) is 5.73. The largest absolute Gasteiger partial charge is 0.336 e. The van der Waals surface area contributed by atoms with E-state index in [-0.39, 0.29) is 17.9 Å². The second-order valence-corrected chi connectivity index (χ2v) is 7.33. The van der Waals surface area contributed by atoms with Crippen LogP contribution in [0.15, 0.2) is 29.7 Å². The molecule has 0 spiro atoms. The third-order valence-electron chi connectivity index (χ3n) is 4.78. The third kappa shape index (κ3) is 3.35. The Hall–Kier alpha value is -2.08. The number of aromatic nitrogens is 1. The topological polar surface area (TPSA) is 45.6 Å². The van der Waals surface area contributed by atoms with Crippen molar-refractivity contribution in [1.29, 1.82) is 0 Å². The van der Waals surface area contributed by atoms with Gasteiger partial charge in [-0.15, -0.1) is 11.3 Å². The summed E-state index contributed by atoms with van der Waals surface area (Å²) in [4.78, 5) is 30.0. The molecule has 5 nitrogen and oxygen atoms in total. The molecule has 1 aliphatic heterocycles. The van der Waals surface area contributed by atoms with Gasteiger partial charge in [-0.05, 0) is 31.4 Å². The van der Waals surface area contributed by atoms with Gasteiger partial charge in [-0.25, -0.2) is 0 Å². The zero-order chi connectivity index (χ0) is 18.0. The molecule has 1 atom stereocenters. The summed E-state index contributed by atoms with van der Waals surface area (Å²) in [5.41, 5.74) is 0.738. The molecule has 3 rings (SSSR count). The maximum absolute atomic E-state index is 13.1. The fraction of sp³-hybridized carbons (Fsp3) is 0.474. The van der Waals surface area contributed by atoms with Crippen LogP contribution in [0.25, 0.3) is 10.2 Å². The van der Waals surface area contributed by atoms with Crippen LogP contribution in [-0.2, 0) is 11.3 Å². The number of carbonyl (C=O) groups is 2. The summed E-state index contributed by atoms with van der Waals surface area (Å²) >= 11 is 1.66. The van der Waals surface area contributed by atoms with Gasteiger partial charge in [0.1, 0.15) is 10.5 Å². The first-order valence-electron chi connectivity index (χ1n) is 8.83. The van der Waals surface area contributed by atoms with E-state index in [4.69, 9.17) is 0 Å². The lowest BCUT2D eigenvalue weighted by molar-refractivity contribution is -0.134. The summed E-state index contributed by atoms with van der Waals surface area (Å²) in [5.74, 6) is 0.222. The molecule has 3 heterocycles. The second kappa shape index (κ2) is 7.44. The lowest BCUT2D eigenvalue weighted by Crippen LogP contribution is -2.55. The first kappa shape index (κ1) is 17.7. The van der Waals surface area contributed by atoms with Gasteiger partial charge in [0, 0.05) is 44.0 Å². The summed E-state index contributed by atoms with van der Waals surface area (Å²) in [7, 11) is 0. The molecule has 0 saturated carbocycles. The Bertz CT molecular complexity index is 805. The molecule has 1 fully saturated rings. The first-order valence-corrected chi connectivity index (χ1v) is 9.71. The number of thiophene rings is 1. The second-order valence-electron chi connectivity index (χ2n) is 6.43. The molecule has 6 heteroatoms. The predicted octanol–water partition coefficient (Wildman–Crippen LogP) is 3.36. The lowest BCUT2D eigenvalue weighted by atomic mass is 10.1. The highest BCUT2D eigenvalue weighted by molar-refractivity contribution is 7.16. The predicted molar refractivity (Wildman–Crippen MR) is 102 cm³/mol. The van der Waals surface area contributed by atoms with E-state index in [9.17, 15) is 9.59 Å². The van der Waals surface area contributed by atoms with E-state index < -0.39 is 0 Å². The Balaban J connectivity index is 1.83. The molecule has 0 N–H and O–H groups in total. The van der Waals surface area contributed by atoms with Gasteiger partial charge in [-0.1, -0.05) is 19.1 Å². The molecule has 0 aliphatic carbocycles. The van der Waals surface area contributed by atoms with Gasteiger partial charge >= 0.3 is 0 Å². The van der Waals surface area contributed by atoms with E-state index in [1.54, 1.807) is 11.3 Å². The number of hydrogen-bond acceptors (Lipinski definition) is 3. The monoisotopic (exact) mass is 359 g/mol. The minimum Gasteiger partial charge on any atom is -0.336 e. The number of amides is 2. The van der Waals surface area contributed by atoms with Gasteiger partial charge < -0.3 is 14.4 Å². The van der Waals surface area contributed by atoms with E-state index in [2.05, 4.69) is 22.1 Å². The van der Waals surface area contributed by atoms with Gasteiger partial charge in [-0.2, -0.15) is 0 Å². The molecule has 25 heavy (non-hydrogen) atoms. The standard InChI is InChI=1S/C19H25N3O2S/c1-4-6-8-22-16(12-15-7-11-25-19(15)22)18(24)20-9-10-21(14(3)13-20)17(23)5-2/h4,6-7,11-12,14H,5,8-10,13H2,1-3H3/b6-4-. The quantitative estimate of drug-likeness (QED) is 0.786. The molecular formula is C19H25N3O2S. The molecule has 2 aromatic heterocycles. The van der Waals surface area contributed by atoms with Crippen molar-refractivity contribution in [2.75, 3.05) is 19.6 Å². The number of allylic oxidation sites excluding steroid dienone is 2. The number of rotatable bonds is 4. The van der Waals surface area contributed by atoms with Crippen molar-refractivity contribution >= 4 is 33.4 Å². The number of nitrogens with zero attached hydrogens (tertiary/aromatic N) is 3. The van der Waals surface area contributed by atoms with Crippen LogP contribution >= 0.6 is 11.3 Å². The molecular weight excluding hydrogens is 334 g/mol. The average Bonchev–Trinajstić information content (AvgIpc) is 3.20. The first-order chi connectivity index (χ1) is 12.1. The highest BCUT2D eigenvalue weighted by Crippen LogP contribution is 2.27. The highest BCUT2D eigenvalue weighted by atomic mass is 32.1.